The first-order valence-electron chi connectivity index (χ1n) is 8.89. The second-order valence-electron chi connectivity index (χ2n) is 6.42. The zero-order valence-corrected chi connectivity index (χ0v) is 15.9. The van der Waals surface area contributed by atoms with Gasteiger partial charge in [-0.05, 0) is 12.8 Å². The van der Waals surface area contributed by atoms with Gasteiger partial charge in [0.2, 0.25) is 11.8 Å². The molecule has 27 heavy (non-hydrogen) atoms. The summed E-state index contributed by atoms with van der Waals surface area (Å²) in [4.78, 5) is 25.5. The minimum absolute atomic E-state index is 0.0392. The third kappa shape index (κ3) is 4.57. The highest BCUT2D eigenvalue weighted by molar-refractivity contribution is 7.99. The van der Waals surface area contributed by atoms with E-state index in [1.807, 2.05) is 34.9 Å². The van der Waals surface area contributed by atoms with Crippen molar-refractivity contribution < 1.29 is 9.59 Å². The molecule has 1 aromatic carbocycles. The zero-order valence-electron chi connectivity index (χ0n) is 15.1. The Morgan fingerprint density at radius 1 is 1.22 bits per heavy atom. The number of hydrogen-bond donors (Lipinski definition) is 1. The molecule has 0 radical (unpaired) electrons. The number of thioether (sulfide) groups is 1. The van der Waals surface area contributed by atoms with E-state index in [9.17, 15) is 9.59 Å². The summed E-state index contributed by atoms with van der Waals surface area (Å²) in [7, 11) is 0. The predicted molar refractivity (Wildman–Crippen MR) is 105 cm³/mol. The van der Waals surface area contributed by atoms with Crippen LogP contribution in [-0.4, -0.2) is 50.3 Å². The molecule has 0 spiro atoms. The van der Waals surface area contributed by atoms with Crippen molar-refractivity contribution in [1.82, 2.24) is 19.7 Å². The van der Waals surface area contributed by atoms with Crippen LogP contribution in [0.2, 0.25) is 0 Å². The van der Waals surface area contributed by atoms with Crippen LogP contribution in [0.1, 0.15) is 12.8 Å². The Morgan fingerprint density at radius 2 is 1.93 bits per heavy atom. The van der Waals surface area contributed by atoms with Gasteiger partial charge in [0, 0.05) is 31.1 Å². The van der Waals surface area contributed by atoms with Crippen molar-refractivity contribution in [1.29, 1.82) is 0 Å². The summed E-state index contributed by atoms with van der Waals surface area (Å²) < 4.78 is 1.96. The normalized spacial score (nSPS) is 14.9. The number of allylic oxidation sites excluding steroid dienone is 1. The highest BCUT2D eigenvalue weighted by Crippen LogP contribution is 2.25. The van der Waals surface area contributed by atoms with Crippen molar-refractivity contribution in [2.24, 2.45) is 11.7 Å². The van der Waals surface area contributed by atoms with Gasteiger partial charge >= 0.3 is 0 Å². The van der Waals surface area contributed by atoms with Crippen LogP contribution in [0.25, 0.3) is 11.4 Å². The third-order valence-electron chi connectivity index (χ3n) is 4.64. The van der Waals surface area contributed by atoms with Gasteiger partial charge in [-0.3, -0.25) is 14.2 Å². The molecule has 3 rings (SSSR count). The van der Waals surface area contributed by atoms with Gasteiger partial charge in [-0.25, -0.2) is 0 Å². The minimum atomic E-state index is -0.276. The average molecular weight is 385 g/mol. The fraction of sp³-hybridized carbons (Fsp3) is 0.368. The number of amides is 2. The van der Waals surface area contributed by atoms with E-state index in [-0.39, 0.29) is 23.5 Å². The standard InChI is InChI=1S/C19H23N5O2S/c1-2-10-24-18(15-6-4-3-5-7-15)21-22-19(24)27-13-16(25)23-11-8-14(9-12-23)17(20)26/h2-7,14H,1,8-13H2,(H2,20,26). The van der Waals surface area contributed by atoms with Crippen LogP contribution in [0.15, 0.2) is 48.1 Å². The first-order chi connectivity index (χ1) is 13.1. The van der Waals surface area contributed by atoms with Crippen LogP contribution in [-0.2, 0) is 16.1 Å². The van der Waals surface area contributed by atoms with Gasteiger partial charge < -0.3 is 10.6 Å². The monoisotopic (exact) mass is 385 g/mol. The lowest BCUT2D eigenvalue weighted by Gasteiger charge is -2.30. The molecule has 142 valence electrons. The molecular weight excluding hydrogens is 362 g/mol. The maximum atomic E-state index is 12.5. The van der Waals surface area contributed by atoms with E-state index < -0.39 is 0 Å². The Hall–Kier alpha value is -2.61. The van der Waals surface area contributed by atoms with Crippen molar-refractivity contribution in [3.8, 4) is 11.4 Å². The number of hydrogen-bond acceptors (Lipinski definition) is 5. The van der Waals surface area contributed by atoms with E-state index >= 15 is 0 Å². The fourth-order valence-corrected chi connectivity index (χ4v) is 3.97. The smallest absolute Gasteiger partial charge is 0.233 e. The summed E-state index contributed by atoms with van der Waals surface area (Å²) in [5.74, 6) is 0.684. The lowest BCUT2D eigenvalue weighted by atomic mass is 9.96. The van der Waals surface area contributed by atoms with Crippen molar-refractivity contribution in [2.75, 3.05) is 18.8 Å². The zero-order chi connectivity index (χ0) is 19.2. The Balaban J connectivity index is 1.64. The fourth-order valence-electron chi connectivity index (χ4n) is 3.12. The van der Waals surface area contributed by atoms with E-state index in [1.54, 1.807) is 11.0 Å². The predicted octanol–water partition coefficient (Wildman–Crippen LogP) is 1.95. The maximum Gasteiger partial charge on any atom is 0.233 e. The SMILES string of the molecule is C=CCn1c(SCC(=O)N2CCC(C(N)=O)CC2)nnc1-c1ccccc1. The number of aromatic nitrogens is 3. The quantitative estimate of drug-likeness (QED) is 0.581. The number of carbonyl (C=O) groups is 2. The van der Waals surface area contributed by atoms with Crippen LogP contribution in [0.4, 0.5) is 0 Å². The molecule has 1 aliphatic heterocycles. The molecule has 0 bridgehead atoms. The molecule has 2 N–H and O–H groups in total. The largest absolute Gasteiger partial charge is 0.369 e. The van der Waals surface area contributed by atoms with E-state index in [0.29, 0.717) is 37.6 Å². The van der Waals surface area contributed by atoms with Crippen LogP contribution in [0.3, 0.4) is 0 Å². The van der Waals surface area contributed by atoms with Gasteiger partial charge in [0.05, 0.1) is 5.75 Å². The lowest BCUT2D eigenvalue weighted by Crippen LogP contribution is -2.42. The summed E-state index contributed by atoms with van der Waals surface area (Å²) in [5, 5.41) is 9.24. The van der Waals surface area contributed by atoms with Crippen LogP contribution < -0.4 is 5.73 Å². The summed E-state index contributed by atoms with van der Waals surface area (Å²) in [6.07, 6.45) is 3.06. The van der Waals surface area contributed by atoms with Crippen LogP contribution in [0, 0.1) is 5.92 Å². The highest BCUT2D eigenvalue weighted by Gasteiger charge is 2.26. The number of nitrogens with zero attached hydrogens (tertiary/aromatic N) is 4. The molecule has 1 fully saturated rings. The van der Waals surface area contributed by atoms with Crippen LogP contribution in [0.5, 0.6) is 0 Å². The van der Waals surface area contributed by atoms with Gasteiger partial charge in [-0.2, -0.15) is 0 Å². The number of rotatable bonds is 7. The molecule has 8 heteroatoms. The number of nitrogens with two attached hydrogens (primary N) is 1. The molecule has 2 aromatic rings. The number of primary amides is 1. The Labute approximate surface area is 162 Å². The Bertz CT molecular complexity index is 813. The topological polar surface area (TPSA) is 94.1 Å². The summed E-state index contributed by atoms with van der Waals surface area (Å²) >= 11 is 1.37. The van der Waals surface area contributed by atoms with Gasteiger partial charge in [-0.1, -0.05) is 48.2 Å². The van der Waals surface area contributed by atoms with Gasteiger partial charge in [-0.15, -0.1) is 16.8 Å². The van der Waals surface area contributed by atoms with Crippen molar-refractivity contribution >= 4 is 23.6 Å². The number of carbonyl (C=O) groups excluding carboxylic acids is 2. The molecule has 2 amide bonds. The second-order valence-corrected chi connectivity index (χ2v) is 7.36. The van der Waals surface area contributed by atoms with Crippen molar-refractivity contribution in [3.63, 3.8) is 0 Å². The molecule has 1 aromatic heterocycles. The first-order valence-corrected chi connectivity index (χ1v) is 9.88. The van der Waals surface area contributed by atoms with Crippen LogP contribution >= 0.6 is 11.8 Å². The molecule has 0 unspecified atom stereocenters. The summed E-state index contributed by atoms with van der Waals surface area (Å²) in [6.45, 7) is 5.51. The summed E-state index contributed by atoms with van der Waals surface area (Å²) in [6, 6.07) is 9.81. The maximum absolute atomic E-state index is 12.5. The van der Waals surface area contributed by atoms with Crippen molar-refractivity contribution in [2.45, 2.75) is 24.5 Å². The Morgan fingerprint density at radius 3 is 2.56 bits per heavy atom. The number of piperidine rings is 1. The lowest BCUT2D eigenvalue weighted by molar-refractivity contribution is -0.132. The molecule has 0 aliphatic carbocycles. The minimum Gasteiger partial charge on any atom is -0.369 e. The molecule has 1 saturated heterocycles. The highest BCUT2D eigenvalue weighted by atomic mass is 32.2. The molecule has 2 heterocycles. The molecule has 0 atom stereocenters. The van der Waals surface area contributed by atoms with E-state index in [0.717, 1.165) is 11.4 Å². The second kappa shape index (κ2) is 8.85. The summed E-state index contributed by atoms with van der Waals surface area (Å²) in [5.41, 5.74) is 6.32. The van der Waals surface area contributed by atoms with E-state index in [2.05, 4.69) is 16.8 Å². The number of likely N-dealkylation sites (tertiary alicyclic amines) is 1. The Kier molecular flexibility index (Phi) is 6.28. The first kappa shape index (κ1) is 19.2. The molecule has 7 nitrogen and oxygen atoms in total. The number of benzene rings is 1. The van der Waals surface area contributed by atoms with Gasteiger partial charge in [0.25, 0.3) is 0 Å². The molecule has 1 aliphatic rings. The molecular formula is C19H23N5O2S. The van der Waals surface area contributed by atoms with Gasteiger partial charge in [0.1, 0.15) is 0 Å². The molecule has 0 saturated carbocycles. The van der Waals surface area contributed by atoms with Gasteiger partial charge in [0.15, 0.2) is 11.0 Å². The third-order valence-corrected chi connectivity index (χ3v) is 5.59. The van der Waals surface area contributed by atoms with E-state index in [4.69, 9.17) is 5.73 Å². The van der Waals surface area contributed by atoms with Crippen molar-refractivity contribution in [3.05, 3.63) is 43.0 Å². The van der Waals surface area contributed by atoms with E-state index in [1.165, 1.54) is 11.8 Å². The average Bonchev–Trinajstić information content (AvgIpc) is 3.10.